The molecule has 5 amide bonds. The lowest BCUT2D eigenvalue weighted by atomic mass is 9.94. The summed E-state index contributed by atoms with van der Waals surface area (Å²) in [4.78, 5) is 73.1. The molecule has 268 valence electrons. The molecule has 0 bridgehead atoms. The predicted octanol–water partition coefficient (Wildman–Crippen LogP) is -0.717. The minimum absolute atomic E-state index is 0.109. The van der Waals surface area contributed by atoms with E-state index in [9.17, 15) is 28.4 Å². The van der Waals surface area contributed by atoms with Crippen molar-refractivity contribution in [1.82, 2.24) is 25.8 Å². The maximum Gasteiger partial charge on any atom is 0.243 e. The largest absolute Gasteiger partial charge is 0.370 e. The summed E-state index contributed by atoms with van der Waals surface area (Å²) in [5.74, 6) is -3.56. The molecular weight excluding hydrogens is 647 g/mol. The number of primary amides is 1. The SMILES string of the molecule is NC(=O)[C@H](Cc1c[nH]c2ccccc12)NC(=O)CNC(=O)[C@H](CCCN=C(N)N)NC(=O)C1CCN(C(=O)[C@@H](N)Cc2ccc(F)cc2)CC1. The van der Waals surface area contributed by atoms with Crippen LogP contribution >= 0.6 is 0 Å². The van der Waals surface area contributed by atoms with Crippen molar-refractivity contribution in [3.05, 3.63) is 71.7 Å². The number of nitrogens with two attached hydrogens (primary N) is 4. The molecule has 1 aliphatic heterocycles. The average molecular weight is 693 g/mol. The first-order chi connectivity index (χ1) is 23.9. The molecule has 1 fully saturated rings. The Morgan fingerprint density at radius 3 is 2.32 bits per heavy atom. The maximum atomic E-state index is 13.3. The van der Waals surface area contributed by atoms with Gasteiger partial charge in [0.2, 0.25) is 29.5 Å². The van der Waals surface area contributed by atoms with E-state index in [0.717, 1.165) is 22.0 Å². The number of para-hydroxylation sites is 1. The smallest absolute Gasteiger partial charge is 0.243 e. The van der Waals surface area contributed by atoms with Crippen molar-refractivity contribution in [2.45, 2.75) is 56.7 Å². The summed E-state index contributed by atoms with van der Waals surface area (Å²) in [5, 5.41) is 8.78. The molecule has 1 aromatic heterocycles. The van der Waals surface area contributed by atoms with Crippen LogP contribution in [0.3, 0.4) is 0 Å². The fourth-order valence-corrected chi connectivity index (χ4v) is 5.90. The second kappa shape index (κ2) is 17.8. The van der Waals surface area contributed by atoms with Gasteiger partial charge in [0, 0.05) is 49.1 Å². The lowest BCUT2D eigenvalue weighted by molar-refractivity contribution is -0.137. The number of benzene rings is 2. The van der Waals surface area contributed by atoms with Crippen LogP contribution in [0.4, 0.5) is 4.39 Å². The summed E-state index contributed by atoms with van der Waals surface area (Å²) in [5.41, 5.74) is 24.9. The number of hydrogen-bond acceptors (Lipinski definition) is 7. The molecule has 3 aromatic rings. The van der Waals surface area contributed by atoms with E-state index in [1.165, 1.54) is 12.1 Å². The van der Waals surface area contributed by atoms with Crippen molar-refractivity contribution in [3.63, 3.8) is 0 Å². The second-order valence-electron chi connectivity index (χ2n) is 12.4. The number of likely N-dealkylation sites (tertiary alicyclic amines) is 1. The van der Waals surface area contributed by atoms with Gasteiger partial charge >= 0.3 is 0 Å². The standard InChI is InChI=1S/C34H45FN10O5/c35-23-9-7-20(8-10-23)16-25(36)33(50)45-14-11-21(12-15-45)31(48)44-27(6-3-13-40-34(38)39)32(49)42-19-29(46)43-28(30(37)47)17-22-18-41-26-5-2-1-4-24(22)26/h1-2,4-5,7-10,18,21,25,27-28,41H,3,6,11-17,19,36H2,(H2,37,47)(H,42,49)(H,43,46)(H,44,48)(H4,38,39,40)/t25-,27-,28-/m0/s1. The van der Waals surface area contributed by atoms with E-state index >= 15 is 0 Å². The molecule has 2 heterocycles. The summed E-state index contributed by atoms with van der Waals surface area (Å²) in [7, 11) is 0. The van der Waals surface area contributed by atoms with E-state index in [1.807, 2.05) is 24.3 Å². The summed E-state index contributed by atoms with van der Waals surface area (Å²) >= 11 is 0. The van der Waals surface area contributed by atoms with Crippen LogP contribution in [0.25, 0.3) is 10.9 Å². The number of guanidine groups is 1. The summed E-state index contributed by atoms with van der Waals surface area (Å²) < 4.78 is 13.2. The van der Waals surface area contributed by atoms with E-state index in [4.69, 9.17) is 22.9 Å². The van der Waals surface area contributed by atoms with Gasteiger partial charge in [-0.3, -0.25) is 29.0 Å². The van der Waals surface area contributed by atoms with Gasteiger partial charge in [-0.1, -0.05) is 30.3 Å². The van der Waals surface area contributed by atoms with E-state index in [2.05, 4.69) is 25.9 Å². The van der Waals surface area contributed by atoms with E-state index in [1.54, 1.807) is 23.2 Å². The van der Waals surface area contributed by atoms with Crippen molar-refractivity contribution < 1.29 is 28.4 Å². The van der Waals surface area contributed by atoms with Crippen molar-refractivity contribution in [2.24, 2.45) is 33.8 Å². The third-order valence-corrected chi connectivity index (χ3v) is 8.64. The molecule has 4 rings (SSSR count). The van der Waals surface area contributed by atoms with Crippen LogP contribution in [0, 0.1) is 11.7 Å². The molecule has 0 aliphatic carbocycles. The van der Waals surface area contributed by atoms with Crippen molar-refractivity contribution >= 4 is 46.4 Å². The number of fused-ring (bicyclic) bond motifs is 1. The van der Waals surface area contributed by atoms with Gasteiger partial charge in [0.15, 0.2) is 5.96 Å². The highest BCUT2D eigenvalue weighted by Crippen LogP contribution is 2.20. The fraction of sp³-hybridized carbons (Fsp3) is 0.412. The van der Waals surface area contributed by atoms with Crippen LogP contribution in [0.5, 0.6) is 0 Å². The van der Waals surface area contributed by atoms with Crippen LogP contribution in [-0.2, 0) is 36.8 Å². The fourth-order valence-electron chi connectivity index (χ4n) is 5.90. The predicted molar refractivity (Wildman–Crippen MR) is 185 cm³/mol. The molecule has 50 heavy (non-hydrogen) atoms. The number of rotatable bonds is 16. The third-order valence-electron chi connectivity index (χ3n) is 8.64. The molecule has 1 aliphatic rings. The molecule has 0 saturated carbocycles. The van der Waals surface area contributed by atoms with Gasteiger partial charge in [-0.15, -0.1) is 0 Å². The number of aromatic nitrogens is 1. The second-order valence-corrected chi connectivity index (χ2v) is 12.4. The quantitative estimate of drug-likeness (QED) is 0.0539. The van der Waals surface area contributed by atoms with E-state index < -0.39 is 48.3 Å². The zero-order chi connectivity index (χ0) is 36.2. The Morgan fingerprint density at radius 1 is 0.940 bits per heavy atom. The minimum Gasteiger partial charge on any atom is -0.370 e. The first kappa shape index (κ1) is 37.3. The number of amides is 5. The number of carbonyl (C=O) groups excluding carboxylic acids is 5. The first-order valence-electron chi connectivity index (χ1n) is 16.5. The average Bonchev–Trinajstić information content (AvgIpc) is 3.51. The molecule has 15 nitrogen and oxygen atoms in total. The molecule has 3 atom stereocenters. The number of aromatic amines is 1. The van der Waals surface area contributed by atoms with Crippen LogP contribution < -0.4 is 38.9 Å². The summed E-state index contributed by atoms with van der Waals surface area (Å²) in [6.07, 6.45) is 3.39. The van der Waals surface area contributed by atoms with Crippen molar-refractivity contribution in [2.75, 3.05) is 26.2 Å². The van der Waals surface area contributed by atoms with Crippen molar-refractivity contribution in [1.29, 1.82) is 0 Å². The Kier molecular flexibility index (Phi) is 13.3. The molecule has 0 unspecified atom stereocenters. The number of H-pyrrole nitrogens is 1. The Hall–Kier alpha value is -5.51. The molecule has 2 aromatic carbocycles. The molecule has 1 saturated heterocycles. The minimum atomic E-state index is -1.02. The first-order valence-corrected chi connectivity index (χ1v) is 16.5. The molecule has 12 N–H and O–H groups in total. The maximum absolute atomic E-state index is 13.3. The number of hydrogen-bond donors (Lipinski definition) is 8. The summed E-state index contributed by atoms with van der Waals surface area (Å²) in [6.45, 7) is 0.356. The van der Waals surface area contributed by atoms with Gasteiger partial charge in [0.25, 0.3) is 0 Å². The van der Waals surface area contributed by atoms with Gasteiger partial charge in [-0.25, -0.2) is 4.39 Å². The van der Waals surface area contributed by atoms with Gasteiger partial charge in [-0.05, 0) is 61.4 Å². The van der Waals surface area contributed by atoms with Crippen LogP contribution in [0.1, 0.15) is 36.8 Å². The van der Waals surface area contributed by atoms with Crippen LogP contribution in [-0.4, -0.2) is 89.7 Å². The Labute approximate surface area is 288 Å². The van der Waals surface area contributed by atoms with Gasteiger partial charge in [0.05, 0.1) is 12.6 Å². The van der Waals surface area contributed by atoms with Gasteiger partial charge in [-0.2, -0.15) is 0 Å². The van der Waals surface area contributed by atoms with Gasteiger partial charge in [0.1, 0.15) is 17.9 Å². The molecule has 0 radical (unpaired) electrons. The monoisotopic (exact) mass is 692 g/mol. The normalized spacial score (nSPS) is 15.0. The number of halogens is 1. The van der Waals surface area contributed by atoms with Crippen LogP contribution in [0.15, 0.2) is 59.7 Å². The van der Waals surface area contributed by atoms with E-state index in [-0.39, 0.29) is 49.4 Å². The number of nitrogens with one attached hydrogen (secondary N) is 4. The highest BCUT2D eigenvalue weighted by molar-refractivity contribution is 5.93. The number of carbonyl (C=O) groups is 5. The molecule has 16 heteroatoms. The zero-order valence-corrected chi connectivity index (χ0v) is 27.7. The highest BCUT2D eigenvalue weighted by Gasteiger charge is 2.32. The van der Waals surface area contributed by atoms with Gasteiger partial charge < -0.3 is 48.8 Å². The number of aliphatic imine (C=N–C) groups is 1. The molecule has 0 spiro atoms. The Bertz CT molecular complexity index is 1680. The van der Waals surface area contributed by atoms with Crippen LogP contribution in [0.2, 0.25) is 0 Å². The van der Waals surface area contributed by atoms with E-state index in [0.29, 0.717) is 32.4 Å². The zero-order valence-electron chi connectivity index (χ0n) is 27.7. The molecular formula is C34H45FN10O5. The topological polar surface area (TPSA) is 257 Å². The lowest BCUT2D eigenvalue weighted by Crippen LogP contribution is -2.54. The third kappa shape index (κ3) is 10.7. The Morgan fingerprint density at radius 2 is 1.64 bits per heavy atom. The summed E-state index contributed by atoms with van der Waals surface area (Å²) in [6, 6.07) is 10.5. The lowest BCUT2D eigenvalue weighted by Gasteiger charge is -2.33. The Balaban J connectivity index is 1.29. The van der Waals surface area contributed by atoms with Crippen molar-refractivity contribution in [3.8, 4) is 0 Å². The highest BCUT2D eigenvalue weighted by atomic mass is 19.1. The number of piperidine rings is 1. The number of nitrogens with zero attached hydrogens (tertiary/aromatic N) is 2.